The van der Waals surface area contributed by atoms with Gasteiger partial charge in [-0.1, -0.05) is 0 Å². The molecule has 24 heavy (non-hydrogen) atoms. The summed E-state index contributed by atoms with van der Waals surface area (Å²) in [6.45, 7) is 3.37. The first-order chi connectivity index (χ1) is 11.0. The molecule has 2 atom stereocenters. The predicted molar refractivity (Wildman–Crippen MR) is 101 cm³/mol. The highest BCUT2D eigenvalue weighted by Gasteiger charge is 2.25. The molecule has 0 aromatic carbocycles. The second kappa shape index (κ2) is 7.69. The normalized spacial score (nSPS) is 18.5. The van der Waals surface area contributed by atoms with Gasteiger partial charge in [0, 0.05) is 38.6 Å². The highest BCUT2D eigenvalue weighted by Crippen LogP contribution is 2.39. The fraction of sp³-hybridized carbons (Fsp3) is 0.467. The fourth-order valence-corrected chi connectivity index (χ4v) is 3.35. The summed E-state index contributed by atoms with van der Waals surface area (Å²) in [5.74, 6) is -0.197. The zero-order chi connectivity index (χ0) is 16.6. The number of amides is 1. The average Bonchev–Trinajstić information content (AvgIpc) is 3.13. The van der Waals surface area contributed by atoms with Crippen LogP contribution in [-0.4, -0.2) is 48.2 Å². The van der Waals surface area contributed by atoms with E-state index >= 15 is 0 Å². The lowest BCUT2D eigenvalue weighted by Crippen LogP contribution is -2.28. The molecule has 0 saturated carbocycles. The Hall–Kier alpha value is -1.35. The Balaban J connectivity index is 0.00000208. The Kier molecular flexibility index (Phi) is 6.08. The number of nitrogens with two attached hydrogens (primary N) is 1. The number of methoxy groups -OCH3 is 1. The van der Waals surface area contributed by atoms with Crippen molar-refractivity contribution in [2.24, 2.45) is 5.73 Å². The quantitative estimate of drug-likeness (QED) is 0.708. The lowest BCUT2D eigenvalue weighted by Gasteiger charge is -2.21. The number of ether oxygens (including phenoxy) is 1. The zero-order valence-corrected chi connectivity index (χ0v) is 15.9. The van der Waals surface area contributed by atoms with Crippen LogP contribution >= 0.6 is 28.3 Å². The number of anilines is 2. The average molecular weight is 419 g/mol. The fourth-order valence-electron chi connectivity index (χ4n) is 2.80. The maximum absolute atomic E-state index is 12.1. The van der Waals surface area contributed by atoms with Crippen LogP contribution in [0, 0.1) is 0 Å². The number of H-pyrrole nitrogens is 1. The van der Waals surface area contributed by atoms with Crippen LogP contribution < -0.4 is 16.0 Å². The molecular weight excluding hydrogens is 398 g/mol. The molecule has 0 spiro atoms. The number of rotatable bonds is 4. The van der Waals surface area contributed by atoms with E-state index in [0.29, 0.717) is 5.69 Å². The van der Waals surface area contributed by atoms with E-state index in [9.17, 15) is 4.79 Å². The molecule has 2 aromatic heterocycles. The molecule has 132 valence electrons. The molecule has 1 unspecified atom stereocenters. The van der Waals surface area contributed by atoms with E-state index in [1.807, 2.05) is 0 Å². The number of carbonyl (C=O) groups excluding carboxylic acids is 1. The van der Waals surface area contributed by atoms with Crippen LogP contribution in [0.4, 0.5) is 11.4 Å². The topological polar surface area (TPSA) is 96.3 Å². The van der Waals surface area contributed by atoms with Crippen LogP contribution in [0.25, 0.3) is 11.0 Å². The van der Waals surface area contributed by atoms with Gasteiger partial charge in [0.25, 0.3) is 5.91 Å². The van der Waals surface area contributed by atoms with E-state index in [1.165, 1.54) is 7.11 Å². The van der Waals surface area contributed by atoms with Crippen molar-refractivity contribution in [2.45, 2.75) is 25.5 Å². The first kappa shape index (κ1) is 19.0. The van der Waals surface area contributed by atoms with Gasteiger partial charge in [-0.15, -0.1) is 12.4 Å². The van der Waals surface area contributed by atoms with Crippen LogP contribution in [0.2, 0.25) is 0 Å². The maximum Gasteiger partial charge on any atom is 0.253 e. The van der Waals surface area contributed by atoms with Crippen molar-refractivity contribution < 1.29 is 9.53 Å². The van der Waals surface area contributed by atoms with Crippen molar-refractivity contribution in [2.75, 3.05) is 30.4 Å². The standard InChI is InChI=1S/C15H20BrN5O2.ClH/c1-8(23-2)15(22)20-11-6-19-14-12(11)13(10(16)5-18-14)21-4-3-9(17)7-21;/h5-6,8-9H,3-4,7,17H2,1-2H3,(H,18,19)(H,20,22);1H/t8?,9-;/m1./s1. The lowest BCUT2D eigenvalue weighted by molar-refractivity contribution is -0.124. The summed E-state index contributed by atoms with van der Waals surface area (Å²) in [7, 11) is 1.51. The SMILES string of the molecule is COC(C)C(=O)Nc1c[nH]c2ncc(Br)c(N3CC[C@@H](N)C3)c12.Cl. The molecule has 2 aromatic rings. The molecule has 7 nitrogen and oxygen atoms in total. The van der Waals surface area contributed by atoms with Crippen molar-refractivity contribution in [3.05, 3.63) is 16.9 Å². The zero-order valence-electron chi connectivity index (χ0n) is 13.5. The number of aromatic amines is 1. The third-order valence-corrected chi connectivity index (χ3v) is 4.73. The molecule has 1 aliphatic heterocycles. The number of carbonyl (C=O) groups is 1. The predicted octanol–water partition coefficient (Wildman–Crippen LogP) is 2.26. The monoisotopic (exact) mass is 417 g/mol. The molecule has 4 N–H and O–H groups in total. The number of hydrogen-bond acceptors (Lipinski definition) is 5. The largest absolute Gasteiger partial charge is 0.372 e. The van der Waals surface area contributed by atoms with Crippen molar-refractivity contribution in [1.82, 2.24) is 9.97 Å². The van der Waals surface area contributed by atoms with E-state index in [0.717, 1.165) is 40.7 Å². The summed E-state index contributed by atoms with van der Waals surface area (Å²) in [6, 6.07) is 0.163. The van der Waals surface area contributed by atoms with Gasteiger partial charge in [0.1, 0.15) is 11.8 Å². The van der Waals surface area contributed by atoms with Crippen LogP contribution in [-0.2, 0) is 9.53 Å². The van der Waals surface area contributed by atoms with Crippen molar-refractivity contribution >= 4 is 56.7 Å². The summed E-state index contributed by atoms with van der Waals surface area (Å²) in [6.07, 6.45) is 3.94. The third kappa shape index (κ3) is 3.51. The highest BCUT2D eigenvalue weighted by molar-refractivity contribution is 9.10. The summed E-state index contributed by atoms with van der Waals surface area (Å²) in [4.78, 5) is 21.9. The highest BCUT2D eigenvalue weighted by atomic mass is 79.9. The van der Waals surface area contributed by atoms with E-state index in [-0.39, 0.29) is 24.4 Å². The van der Waals surface area contributed by atoms with E-state index < -0.39 is 6.10 Å². The van der Waals surface area contributed by atoms with Crippen LogP contribution in [0.15, 0.2) is 16.9 Å². The number of fused-ring (bicyclic) bond motifs is 1. The molecule has 3 heterocycles. The van der Waals surface area contributed by atoms with Gasteiger partial charge in [0.15, 0.2) is 0 Å². The summed E-state index contributed by atoms with van der Waals surface area (Å²) >= 11 is 3.58. The van der Waals surface area contributed by atoms with Crippen molar-refractivity contribution in [3.8, 4) is 0 Å². The van der Waals surface area contributed by atoms with Crippen LogP contribution in [0.3, 0.4) is 0 Å². The summed E-state index contributed by atoms with van der Waals surface area (Å²) in [5.41, 5.74) is 8.46. The molecule has 0 radical (unpaired) electrons. The first-order valence-corrected chi connectivity index (χ1v) is 8.30. The summed E-state index contributed by atoms with van der Waals surface area (Å²) < 4.78 is 5.95. The van der Waals surface area contributed by atoms with Gasteiger partial charge in [0.05, 0.1) is 21.2 Å². The molecule has 1 aliphatic rings. The van der Waals surface area contributed by atoms with Gasteiger partial charge in [-0.2, -0.15) is 0 Å². The Labute approximate surface area is 154 Å². The smallest absolute Gasteiger partial charge is 0.253 e. The van der Waals surface area contributed by atoms with Gasteiger partial charge in [-0.05, 0) is 29.3 Å². The van der Waals surface area contributed by atoms with Gasteiger partial charge >= 0.3 is 0 Å². The Morgan fingerprint density at radius 3 is 3.00 bits per heavy atom. The molecule has 3 rings (SSSR count). The minimum absolute atomic E-state index is 0. The van der Waals surface area contributed by atoms with Gasteiger partial charge < -0.3 is 25.7 Å². The second-order valence-corrected chi connectivity index (χ2v) is 6.60. The number of hydrogen-bond donors (Lipinski definition) is 3. The van der Waals surface area contributed by atoms with Crippen LogP contribution in [0.1, 0.15) is 13.3 Å². The molecule has 1 saturated heterocycles. The van der Waals surface area contributed by atoms with Gasteiger partial charge in [-0.25, -0.2) is 4.98 Å². The third-order valence-electron chi connectivity index (χ3n) is 4.15. The Morgan fingerprint density at radius 1 is 1.62 bits per heavy atom. The number of aromatic nitrogens is 2. The van der Waals surface area contributed by atoms with E-state index in [2.05, 4.69) is 36.1 Å². The van der Waals surface area contributed by atoms with Crippen molar-refractivity contribution in [1.29, 1.82) is 0 Å². The number of pyridine rings is 1. The number of nitrogens with one attached hydrogen (secondary N) is 2. The first-order valence-electron chi connectivity index (χ1n) is 7.51. The Bertz CT molecular complexity index is 738. The lowest BCUT2D eigenvalue weighted by atomic mass is 10.2. The van der Waals surface area contributed by atoms with E-state index in [1.54, 1.807) is 19.3 Å². The molecule has 0 aliphatic carbocycles. The Morgan fingerprint density at radius 2 is 2.38 bits per heavy atom. The van der Waals surface area contributed by atoms with Gasteiger partial charge in [0.2, 0.25) is 0 Å². The minimum atomic E-state index is -0.524. The number of halogens is 2. The molecule has 9 heteroatoms. The maximum atomic E-state index is 12.1. The van der Waals surface area contributed by atoms with Crippen LogP contribution in [0.5, 0.6) is 0 Å². The molecular formula is C15H21BrClN5O2. The molecule has 1 fully saturated rings. The van der Waals surface area contributed by atoms with Crippen molar-refractivity contribution in [3.63, 3.8) is 0 Å². The second-order valence-electron chi connectivity index (χ2n) is 5.74. The molecule has 0 bridgehead atoms. The van der Waals surface area contributed by atoms with Gasteiger partial charge in [-0.3, -0.25) is 4.79 Å². The molecule has 1 amide bonds. The van der Waals surface area contributed by atoms with E-state index in [4.69, 9.17) is 10.5 Å². The summed E-state index contributed by atoms with van der Waals surface area (Å²) in [5, 5.41) is 3.78. The minimum Gasteiger partial charge on any atom is -0.372 e. The number of nitrogens with zero attached hydrogens (tertiary/aromatic N) is 2.